The zero-order valence-corrected chi connectivity index (χ0v) is 15.6. The second kappa shape index (κ2) is 12.1. The molecule has 0 bridgehead atoms. The average molecular weight is 375 g/mol. The van der Waals surface area contributed by atoms with Gasteiger partial charge in [0.25, 0.3) is 0 Å². The van der Waals surface area contributed by atoms with E-state index in [1.807, 2.05) is 0 Å². The molecule has 0 saturated carbocycles. The van der Waals surface area contributed by atoms with Crippen LogP contribution in [0.5, 0.6) is 0 Å². The van der Waals surface area contributed by atoms with Gasteiger partial charge in [0, 0.05) is 6.54 Å². The maximum Gasteiger partial charge on any atom is 0.522 e. The molecule has 1 rings (SSSR count). The van der Waals surface area contributed by atoms with Crippen LogP contribution in [0, 0.1) is 5.92 Å². The molecule has 1 aliphatic heterocycles. The summed E-state index contributed by atoms with van der Waals surface area (Å²) < 4.78 is 57.5. The first-order chi connectivity index (χ1) is 11.1. The van der Waals surface area contributed by atoms with Crippen LogP contribution < -0.4 is 0 Å². The Labute approximate surface area is 144 Å². The molecule has 1 saturated heterocycles. The molecule has 8 heteroatoms. The van der Waals surface area contributed by atoms with Crippen LogP contribution in [-0.4, -0.2) is 43.0 Å². The maximum absolute atomic E-state index is 10.7. The van der Waals surface area contributed by atoms with E-state index < -0.39 is 15.6 Å². The summed E-state index contributed by atoms with van der Waals surface area (Å²) in [6.07, 6.45) is 12.9. The van der Waals surface area contributed by atoms with Crippen LogP contribution in [0.1, 0.15) is 71.6 Å². The lowest BCUT2D eigenvalue weighted by atomic mass is 9.95. The van der Waals surface area contributed by atoms with Crippen molar-refractivity contribution in [2.24, 2.45) is 5.92 Å². The van der Waals surface area contributed by atoms with E-state index in [0.717, 1.165) is 5.92 Å². The van der Waals surface area contributed by atoms with Crippen molar-refractivity contribution in [1.29, 1.82) is 0 Å². The molecule has 1 fully saturated rings. The second-order valence-electron chi connectivity index (χ2n) is 6.41. The topological polar surface area (TPSA) is 57.6 Å². The van der Waals surface area contributed by atoms with Gasteiger partial charge < -0.3 is 4.90 Å². The third kappa shape index (κ3) is 11.3. The van der Waals surface area contributed by atoms with Crippen LogP contribution >= 0.6 is 0 Å². The zero-order chi connectivity index (χ0) is 18.6. The van der Waals surface area contributed by atoms with Crippen LogP contribution in [-0.2, 0) is 10.1 Å². The van der Waals surface area contributed by atoms with Crippen molar-refractivity contribution in [3.63, 3.8) is 0 Å². The van der Waals surface area contributed by atoms with Gasteiger partial charge in [0.1, 0.15) is 0 Å². The van der Waals surface area contributed by atoms with Crippen molar-refractivity contribution in [2.45, 2.75) is 77.1 Å². The van der Waals surface area contributed by atoms with Crippen LogP contribution in [0.15, 0.2) is 0 Å². The molecule has 0 aromatic rings. The minimum Gasteiger partial charge on any atom is -0.303 e. The molecule has 4 nitrogen and oxygen atoms in total. The zero-order valence-electron chi connectivity index (χ0n) is 14.8. The molecule has 0 amide bonds. The van der Waals surface area contributed by atoms with E-state index in [4.69, 9.17) is 13.0 Å². The lowest BCUT2D eigenvalue weighted by molar-refractivity contribution is -0.0510. The van der Waals surface area contributed by atoms with Gasteiger partial charge in [-0.3, -0.25) is 4.55 Å². The fourth-order valence-corrected chi connectivity index (χ4v) is 2.80. The Morgan fingerprint density at radius 2 is 1.62 bits per heavy atom. The Kier molecular flexibility index (Phi) is 11.9. The Hall–Kier alpha value is -0.340. The molecule has 0 aliphatic carbocycles. The van der Waals surface area contributed by atoms with Gasteiger partial charge in [-0.1, -0.05) is 52.4 Å². The summed E-state index contributed by atoms with van der Waals surface area (Å²) in [6, 6.07) is 0. The highest BCUT2D eigenvalue weighted by molar-refractivity contribution is 7.86. The predicted molar refractivity (Wildman–Crippen MR) is 90.4 cm³/mol. The smallest absolute Gasteiger partial charge is 0.303 e. The number of rotatable bonds is 8. The molecule has 0 aromatic carbocycles. The molecule has 1 unspecified atom stereocenters. The predicted octanol–water partition coefficient (Wildman–Crippen LogP) is 4.86. The van der Waals surface area contributed by atoms with Crippen LogP contribution in [0.25, 0.3) is 0 Å². The van der Waals surface area contributed by atoms with Crippen molar-refractivity contribution in [3.05, 3.63) is 0 Å². The average Bonchev–Trinajstić information content (AvgIpc) is 2.49. The van der Waals surface area contributed by atoms with Crippen molar-refractivity contribution in [3.8, 4) is 0 Å². The first kappa shape index (κ1) is 23.7. The quantitative estimate of drug-likeness (QED) is 0.374. The number of hydrogen-bond acceptors (Lipinski definition) is 3. The summed E-state index contributed by atoms with van der Waals surface area (Å²) in [5.41, 5.74) is -5.53. The van der Waals surface area contributed by atoms with Gasteiger partial charge in [0.15, 0.2) is 0 Å². The van der Waals surface area contributed by atoms with E-state index in [1.54, 1.807) is 0 Å². The maximum atomic E-state index is 10.7. The van der Waals surface area contributed by atoms with E-state index in [2.05, 4.69) is 18.7 Å². The SMILES string of the molecule is CCCCCCCCN1CCCC(CC)C1.O=S(=O)(O)C(F)(F)F. The van der Waals surface area contributed by atoms with Crippen LogP contribution in [0.4, 0.5) is 13.2 Å². The number of alkyl halides is 3. The molecule has 1 aliphatic rings. The fraction of sp³-hybridized carbons (Fsp3) is 1.00. The Morgan fingerprint density at radius 1 is 1.08 bits per heavy atom. The van der Waals surface area contributed by atoms with E-state index in [0.29, 0.717) is 0 Å². The summed E-state index contributed by atoms with van der Waals surface area (Å²) in [6.45, 7) is 8.75. The molecule has 0 spiro atoms. The van der Waals surface area contributed by atoms with E-state index in [9.17, 15) is 13.2 Å². The minimum absolute atomic E-state index is 0.994. The third-order valence-corrected chi connectivity index (χ3v) is 4.89. The Morgan fingerprint density at radius 3 is 2.12 bits per heavy atom. The van der Waals surface area contributed by atoms with Crippen molar-refractivity contribution >= 4 is 10.1 Å². The van der Waals surface area contributed by atoms with Gasteiger partial charge in [0.05, 0.1) is 0 Å². The van der Waals surface area contributed by atoms with Gasteiger partial charge in [-0.2, -0.15) is 21.6 Å². The van der Waals surface area contributed by atoms with Gasteiger partial charge in [-0.05, 0) is 38.3 Å². The number of piperidine rings is 1. The van der Waals surface area contributed by atoms with Crippen LogP contribution in [0.3, 0.4) is 0 Å². The van der Waals surface area contributed by atoms with Crippen molar-refractivity contribution in [2.75, 3.05) is 19.6 Å². The summed E-state index contributed by atoms with van der Waals surface area (Å²) in [5, 5.41) is 0. The molecular formula is C16H32F3NO3S. The molecule has 1 heterocycles. The van der Waals surface area contributed by atoms with Crippen LogP contribution in [0.2, 0.25) is 0 Å². The highest BCUT2D eigenvalue weighted by Crippen LogP contribution is 2.21. The molecule has 1 N–H and O–H groups in total. The number of unbranched alkanes of at least 4 members (excludes halogenated alkanes) is 5. The molecule has 1 atom stereocenters. The lowest BCUT2D eigenvalue weighted by Gasteiger charge is -2.32. The van der Waals surface area contributed by atoms with Crippen molar-refractivity contribution < 1.29 is 26.1 Å². The molecule has 0 radical (unpaired) electrons. The standard InChI is InChI=1S/C15H31N.CHF3O3S/c1-3-5-6-7-8-9-12-16-13-10-11-15(4-2)14-16;2-1(3,4)8(5,6)7/h15H,3-14H2,1-2H3;(H,5,6,7). The summed E-state index contributed by atoms with van der Waals surface area (Å²) in [5.74, 6) is 0.994. The van der Waals surface area contributed by atoms with E-state index in [1.165, 1.54) is 77.4 Å². The first-order valence-corrected chi connectivity index (χ1v) is 10.3. The highest BCUT2D eigenvalue weighted by atomic mass is 32.2. The fourth-order valence-electron chi connectivity index (χ4n) is 2.80. The van der Waals surface area contributed by atoms with Crippen molar-refractivity contribution in [1.82, 2.24) is 4.90 Å². The van der Waals surface area contributed by atoms with Gasteiger partial charge in [-0.25, -0.2) is 0 Å². The third-order valence-electron chi connectivity index (χ3n) is 4.30. The summed E-state index contributed by atoms with van der Waals surface area (Å²) >= 11 is 0. The highest BCUT2D eigenvalue weighted by Gasteiger charge is 2.44. The number of nitrogens with zero attached hydrogens (tertiary/aromatic N) is 1. The second-order valence-corrected chi connectivity index (χ2v) is 7.82. The van der Waals surface area contributed by atoms with Gasteiger partial charge in [0.2, 0.25) is 0 Å². The summed E-state index contributed by atoms with van der Waals surface area (Å²) in [7, 11) is -5.84. The lowest BCUT2D eigenvalue weighted by Crippen LogP contribution is -2.35. The molecule has 24 heavy (non-hydrogen) atoms. The monoisotopic (exact) mass is 375 g/mol. The molecule has 0 aromatic heterocycles. The number of hydrogen-bond donors (Lipinski definition) is 1. The van der Waals surface area contributed by atoms with Gasteiger partial charge in [-0.15, -0.1) is 0 Å². The largest absolute Gasteiger partial charge is 0.522 e. The van der Waals surface area contributed by atoms with E-state index in [-0.39, 0.29) is 0 Å². The Bertz CT molecular complexity index is 413. The number of likely N-dealkylation sites (tertiary alicyclic amines) is 1. The van der Waals surface area contributed by atoms with Gasteiger partial charge >= 0.3 is 15.6 Å². The Balaban J connectivity index is 0.000000561. The molecular weight excluding hydrogens is 343 g/mol. The van der Waals surface area contributed by atoms with E-state index >= 15 is 0 Å². The minimum atomic E-state index is -5.84. The number of halogens is 3. The first-order valence-electron chi connectivity index (χ1n) is 8.87. The normalized spacial score (nSPS) is 19.7. The molecule has 146 valence electrons. The summed E-state index contributed by atoms with van der Waals surface area (Å²) in [4.78, 5) is 2.71.